The summed E-state index contributed by atoms with van der Waals surface area (Å²) in [6.45, 7) is 8.29. The number of nitrogens with zero attached hydrogens (tertiary/aromatic N) is 2. The molecule has 6 rings (SSSR count). The predicted octanol–water partition coefficient (Wildman–Crippen LogP) is 7.36. The van der Waals surface area contributed by atoms with Crippen LogP contribution in [-0.4, -0.2) is 50.1 Å². The summed E-state index contributed by atoms with van der Waals surface area (Å²) in [6.07, 6.45) is -0.0636. The normalized spacial score (nSPS) is 14.1. The SMILES string of the molecule is COc1ccc(COc2cc(N3CCOCC3)cc(-c3c(F)ccc4c3Oc3ccc(NC(=O)OC(C)(C)C)cc3C4)n2)cc1. The molecule has 234 valence electrons. The van der Waals surface area contributed by atoms with Crippen molar-refractivity contribution in [3.8, 4) is 34.4 Å². The molecule has 0 atom stereocenters. The minimum absolute atomic E-state index is 0.263. The Morgan fingerprint density at radius 2 is 1.78 bits per heavy atom. The average molecular weight is 614 g/mol. The number of halogens is 1. The Bertz CT molecular complexity index is 1700. The first kappa shape index (κ1) is 30.2. The minimum Gasteiger partial charge on any atom is -0.497 e. The van der Waals surface area contributed by atoms with E-state index in [-0.39, 0.29) is 12.2 Å². The number of morpholine rings is 1. The molecule has 3 aromatic carbocycles. The standard InChI is InChI=1S/C35H36FN3O6/c1-35(2,3)45-34(40)37-25-8-12-30-24(18-25)17-23-7-11-28(36)32(33(23)44-30)29-19-26(39-13-15-42-16-14-39)20-31(38-29)43-21-22-5-9-27(41-4)10-6-22/h5-12,18-20H,13-17,21H2,1-4H3,(H,37,40). The monoisotopic (exact) mass is 613 g/mol. The summed E-state index contributed by atoms with van der Waals surface area (Å²) >= 11 is 0. The third kappa shape index (κ3) is 7.12. The number of ether oxygens (including phenoxy) is 5. The van der Waals surface area contributed by atoms with Crippen molar-refractivity contribution in [3.05, 3.63) is 89.2 Å². The molecule has 10 heteroatoms. The van der Waals surface area contributed by atoms with Crippen LogP contribution in [0.2, 0.25) is 0 Å². The summed E-state index contributed by atoms with van der Waals surface area (Å²) in [7, 11) is 1.62. The molecule has 2 aliphatic heterocycles. The topological polar surface area (TPSA) is 91.4 Å². The van der Waals surface area contributed by atoms with Crippen molar-refractivity contribution in [3.63, 3.8) is 0 Å². The third-order valence-electron chi connectivity index (χ3n) is 7.45. The summed E-state index contributed by atoms with van der Waals surface area (Å²) in [5.41, 5.74) is 4.09. The fourth-order valence-corrected chi connectivity index (χ4v) is 5.30. The number of hydrogen-bond donors (Lipinski definition) is 1. The predicted molar refractivity (Wildman–Crippen MR) is 169 cm³/mol. The molecule has 4 aromatic rings. The molecule has 45 heavy (non-hydrogen) atoms. The fraction of sp³-hybridized carbons (Fsp3) is 0.314. The maximum Gasteiger partial charge on any atom is 0.412 e. The lowest BCUT2D eigenvalue weighted by Gasteiger charge is -2.29. The zero-order valence-corrected chi connectivity index (χ0v) is 25.8. The first-order chi connectivity index (χ1) is 21.6. The van der Waals surface area contributed by atoms with Gasteiger partial charge < -0.3 is 28.6 Å². The zero-order chi connectivity index (χ0) is 31.6. The quantitative estimate of drug-likeness (QED) is 0.204. The molecule has 3 heterocycles. The maximum atomic E-state index is 15.7. The van der Waals surface area contributed by atoms with Gasteiger partial charge in [-0.25, -0.2) is 14.2 Å². The highest BCUT2D eigenvalue weighted by molar-refractivity contribution is 5.85. The van der Waals surface area contributed by atoms with E-state index in [2.05, 4.69) is 10.2 Å². The molecule has 0 bridgehead atoms. The van der Waals surface area contributed by atoms with Crippen LogP contribution in [0, 0.1) is 5.82 Å². The highest BCUT2D eigenvalue weighted by Crippen LogP contribution is 2.45. The molecule has 2 aliphatic rings. The molecule has 1 saturated heterocycles. The number of nitrogens with one attached hydrogen (secondary N) is 1. The van der Waals surface area contributed by atoms with E-state index in [4.69, 9.17) is 28.7 Å². The smallest absolute Gasteiger partial charge is 0.412 e. The van der Waals surface area contributed by atoms with Gasteiger partial charge in [-0.1, -0.05) is 18.2 Å². The van der Waals surface area contributed by atoms with E-state index in [9.17, 15) is 4.79 Å². The van der Waals surface area contributed by atoms with Crippen molar-refractivity contribution in [2.45, 2.75) is 39.4 Å². The molecule has 9 nitrogen and oxygen atoms in total. The van der Waals surface area contributed by atoms with Gasteiger partial charge in [0.05, 0.1) is 31.6 Å². The van der Waals surface area contributed by atoms with Crippen LogP contribution in [0.15, 0.2) is 66.7 Å². The van der Waals surface area contributed by atoms with Crippen LogP contribution < -0.4 is 24.4 Å². The minimum atomic E-state index is -0.617. The Hall–Kier alpha value is -4.83. The van der Waals surface area contributed by atoms with Crippen LogP contribution >= 0.6 is 0 Å². The Morgan fingerprint density at radius 1 is 1.00 bits per heavy atom. The molecule has 0 aliphatic carbocycles. The highest BCUT2D eigenvalue weighted by atomic mass is 19.1. The van der Waals surface area contributed by atoms with Gasteiger partial charge >= 0.3 is 6.09 Å². The summed E-state index contributed by atoms with van der Waals surface area (Å²) in [6, 6.07) is 19.8. The summed E-state index contributed by atoms with van der Waals surface area (Å²) in [5, 5.41) is 2.77. The molecule has 0 spiro atoms. The Balaban J connectivity index is 1.31. The second kappa shape index (κ2) is 12.6. The Kier molecular flexibility index (Phi) is 8.49. The number of aromatic nitrogens is 1. The maximum absolute atomic E-state index is 15.7. The van der Waals surface area contributed by atoms with Crippen LogP contribution in [-0.2, 0) is 22.5 Å². The van der Waals surface area contributed by atoms with Gasteiger partial charge in [0.1, 0.15) is 35.3 Å². The van der Waals surface area contributed by atoms with Crippen LogP contribution in [0.1, 0.15) is 37.5 Å². The number of methoxy groups -OCH3 is 1. The second-order valence-electron chi connectivity index (χ2n) is 11.9. The zero-order valence-electron chi connectivity index (χ0n) is 25.8. The average Bonchev–Trinajstić information content (AvgIpc) is 3.02. The molecule has 1 aromatic heterocycles. The summed E-state index contributed by atoms with van der Waals surface area (Å²) in [4.78, 5) is 19.3. The molecular weight excluding hydrogens is 577 g/mol. The van der Waals surface area contributed by atoms with Gasteiger partial charge in [-0.3, -0.25) is 5.32 Å². The molecule has 1 amide bonds. The number of benzene rings is 3. The van der Waals surface area contributed by atoms with Crippen LogP contribution in [0.4, 0.5) is 20.6 Å². The number of pyridine rings is 1. The van der Waals surface area contributed by atoms with E-state index < -0.39 is 17.5 Å². The molecule has 1 N–H and O–H groups in total. The molecular formula is C35H36FN3O6. The van der Waals surface area contributed by atoms with E-state index in [1.165, 1.54) is 6.07 Å². The molecule has 0 unspecified atom stereocenters. The van der Waals surface area contributed by atoms with E-state index in [0.717, 1.165) is 28.1 Å². The van der Waals surface area contributed by atoms with Crippen molar-refractivity contribution >= 4 is 17.5 Å². The van der Waals surface area contributed by atoms with E-state index in [1.54, 1.807) is 25.3 Å². The van der Waals surface area contributed by atoms with Crippen LogP contribution in [0.5, 0.6) is 23.1 Å². The molecule has 0 saturated carbocycles. The summed E-state index contributed by atoms with van der Waals surface area (Å²) in [5.74, 6) is 1.66. The number of carbonyl (C=O) groups is 1. The number of amides is 1. The molecule has 0 radical (unpaired) electrons. The highest BCUT2D eigenvalue weighted by Gasteiger charge is 2.26. The molecule has 1 fully saturated rings. The first-order valence-corrected chi connectivity index (χ1v) is 14.9. The summed E-state index contributed by atoms with van der Waals surface area (Å²) < 4.78 is 44.4. The van der Waals surface area contributed by atoms with Crippen LogP contribution in [0.3, 0.4) is 0 Å². The van der Waals surface area contributed by atoms with Gasteiger partial charge in [0, 0.05) is 48.1 Å². The largest absolute Gasteiger partial charge is 0.497 e. The van der Waals surface area contributed by atoms with Crippen LogP contribution in [0.25, 0.3) is 11.3 Å². The van der Waals surface area contributed by atoms with Crippen molar-refractivity contribution in [1.29, 1.82) is 0 Å². The number of carbonyl (C=O) groups excluding carboxylic acids is 1. The fourth-order valence-electron chi connectivity index (χ4n) is 5.30. The number of fused-ring (bicyclic) bond motifs is 2. The number of anilines is 2. The number of rotatable bonds is 7. The van der Waals surface area contributed by atoms with E-state index in [1.807, 2.05) is 63.2 Å². The number of hydrogen-bond acceptors (Lipinski definition) is 8. The van der Waals surface area contributed by atoms with E-state index >= 15 is 4.39 Å². The van der Waals surface area contributed by atoms with Gasteiger partial charge in [-0.05, 0) is 68.8 Å². The van der Waals surface area contributed by atoms with Crippen molar-refractivity contribution in [1.82, 2.24) is 4.98 Å². The van der Waals surface area contributed by atoms with Gasteiger partial charge in [-0.15, -0.1) is 0 Å². The van der Waals surface area contributed by atoms with Crippen molar-refractivity contribution < 1.29 is 32.9 Å². The second-order valence-corrected chi connectivity index (χ2v) is 11.9. The lowest BCUT2D eigenvalue weighted by atomic mass is 9.95. The van der Waals surface area contributed by atoms with E-state index in [0.29, 0.717) is 61.5 Å². The Labute approximate surface area is 261 Å². The lowest BCUT2D eigenvalue weighted by Crippen LogP contribution is -2.36. The first-order valence-electron chi connectivity index (χ1n) is 14.9. The Morgan fingerprint density at radius 3 is 2.51 bits per heavy atom. The van der Waals surface area contributed by atoms with Crippen molar-refractivity contribution in [2.24, 2.45) is 0 Å². The van der Waals surface area contributed by atoms with Crippen molar-refractivity contribution in [2.75, 3.05) is 43.6 Å². The third-order valence-corrected chi connectivity index (χ3v) is 7.45. The van der Waals surface area contributed by atoms with Gasteiger partial charge in [-0.2, -0.15) is 0 Å². The van der Waals surface area contributed by atoms with Gasteiger partial charge in [0.15, 0.2) is 0 Å². The van der Waals surface area contributed by atoms with Gasteiger partial charge in [0.25, 0.3) is 0 Å². The lowest BCUT2D eigenvalue weighted by molar-refractivity contribution is 0.0636. The van der Waals surface area contributed by atoms with Gasteiger partial charge in [0.2, 0.25) is 5.88 Å².